The molecule has 0 aromatic carbocycles. The van der Waals surface area contributed by atoms with Gasteiger partial charge in [-0.15, -0.1) is 0 Å². The van der Waals surface area contributed by atoms with E-state index >= 15 is 0 Å². The van der Waals surface area contributed by atoms with E-state index in [4.69, 9.17) is 5.73 Å². The Bertz CT molecular complexity index is 346. The molecule has 1 saturated carbocycles. The van der Waals surface area contributed by atoms with E-state index in [1.54, 1.807) is 0 Å². The molecule has 3 N–H and O–H groups in total. The summed E-state index contributed by atoms with van der Waals surface area (Å²) in [6.07, 6.45) is 2.24. The normalized spacial score (nSPS) is 32.0. The molecule has 20 heavy (non-hydrogen) atoms. The molecule has 0 aromatic heterocycles. The molecule has 2 rings (SSSR count). The minimum Gasteiger partial charge on any atom is -0.368 e. The number of nitrogens with two attached hydrogens (primary N) is 1. The second kappa shape index (κ2) is 6.00. The average molecular weight is 282 g/mol. The molecule has 1 saturated heterocycles. The number of hydrogen-bond donors (Lipinski definition) is 2. The third-order valence-corrected chi connectivity index (χ3v) is 5.11. The van der Waals surface area contributed by atoms with Crippen LogP contribution in [0.4, 0.5) is 0 Å². The van der Waals surface area contributed by atoms with E-state index in [2.05, 4.69) is 42.9 Å². The van der Waals surface area contributed by atoms with Crippen LogP contribution in [0.1, 0.15) is 33.6 Å². The van der Waals surface area contributed by atoms with Crippen LogP contribution in [0.15, 0.2) is 0 Å². The highest BCUT2D eigenvalue weighted by Gasteiger charge is 2.50. The molecule has 2 aliphatic rings. The Morgan fingerprint density at radius 1 is 1.30 bits per heavy atom. The first-order valence-corrected chi connectivity index (χ1v) is 7.90. The maximum Gasteiger partial charge on any atom is 0.239 e. The van der Waals surface area contributed by atoms with E-state index in [1.165, 1.54) is 0 Å². The second-order valence-corrected chi connectivity index (χ2v) is 6.70. The number of primary amides is 1. The molecule has 1 aliphatic carbocycles. The number of amides is 1. The van der Waals surface area contributed by atoms with Crippen LogP contribution in [0, 0.1) is 5.92 Å². The van der Waals surface area contributed by atoms with Crippen LogP contribution in [0.25, 0.3) is 0 Å². The number of carbonyl (C=O) groups excluding carboxylic acids is 1. The summed E-state index contributed by atoms with van der Waals surface area (Å²) in [5.41, 5.74) is 5.25. The molecule has 0 radical (unpaired) electrons. The molecule has 1 amide bonds. The van der Waals surface area contributed by atoms with Crippen LogP contribution in [-0.4, -0.2) is 66.6 Å². The van der Waals surface area contributed by atoms with Gasteiger partial charge in [0.2, 0.25) is 5.91 Å². The average Bonchev–Trinajstić information content (AvgIpc) is 3.19. The maximum atomic E-state index is 12.1. The van der Waals surface area contributed by atoms with Crippen molar-refractivity contribution in [1.82, 2.24) is 15.1 Å². The molecule has 0 aromatic rings. The molecular formula is C15H30N4O. The number of nitrogens with zero attached hydrogens (tertiary/aromatic N) is 2. The van der Waals surface area contributed by atoms with Crippen molar-refractivity contribution in [2.45, 2.75) is 51.2 Å². The monoisotopic (exact) mass is 282 g/mol. The highest BCUT2D eigenvalue weighted by Crippen LogP contribution is 2.40. The van der Waals surface area contributed by atoms with Gasteiger partial charge in [-0.1, -0.05) is 6.92 Å². The Labute approximate surface area is 122 Å². The largest absolute Gasteiger partial charge is 0.368 e. The molecule has 5 nitrogen and oxygen atoms in total. The van der Waals surface area contributed by atoms with Crippen molar-refractivity contribution in [3.05, 3.63) is 0 Å². The van der Waals surface area contributed by atoms with E-state index in [0.717, 1.165) is 39.0 Å². The minimum atomic E-state index is -0.524. The predicted octanol–water partition coefficient (Wildman–Crippen LogP) is 0.254. The van der Waals surface area contributed by atoms with Crippen LogP contribution in [0.5, 0.6) is 0 Å². The van der Waals surface area contributed by atoms with Gasteiger partial charge in [0.1, 0.15) is 5.54 Å². The van der Waals surface area contributed by atoms with E-state index in [9.17, 15) is 4.79 Å². The highest BCUT2D eigenvalue weighted by molar-refractivity contribution is 5.86. The van der Waals surface area contributed by atoms with Gasteiger partial charge in [-0.25, -0.2) is 0 Å². The van der Waals surface area contributed by atoms with Crippen molar-refractivity contribution >= 4 is 5.91 Å². The van der Waals surface area contributed by atoms with Crippen molar-refractivity contribution in [1.29, 1.82) is 0 Å². The molecule has 3 atom stereocenters. The quantitative estimate of drug-likeness (QED) is 0.733. The zero-order valence-electron chi connectivity index (χ0n) is 13.4. The predicted molar refractivity (Wildman–Crippen MR) is 81.5 cm³/mol. The summed E-state index contributed by atoms with van der Waals surface area (Å²) in [5.74, 6) is 0.242. The molecule has 0 bridgehead atoms. The minimum absolute atomic E-state index is 0.180. The Balaban J connectivity index is 2.10. The third-order valence-electron chi connectivity index (χ3n) is 5.11. The molecule has 116 valence electrons. The van der Waals surface area contributed by atoms with Gasteiger partial charge in [0.05, 0.1) is 0 Å². The van der Waals surface area contributed by atoms with Crippen LogP contribution in [-0.2, 0) is 4.79 Å². The zero-order chi connectivity index (χ0) is 14.9. The van der Waals surface area contributed by atoms with Gasteiger partial charge in [0.15, 0.2) is 0 Å². The summed E-state index contributed by atoms with van der Waals surface area (Å²) >= 11 is 0. The van der Waals surface area contributed by atoms with Crippen molar-refractivity contribution in [2.75, 3.05) is 33.2 Å². The number of carbonyl (C=O) groups is 1. The topological polar surface area (TPSA) is 61.6 Å². The molecule has 0 spiro atoms. The van der Waals surface area contributed by atoms with E-state index in [-0.39, 0.29) is 5.91 Å². The van der Waals surface area contributed by atoms with Gasteiger partial charge in [-0.3, -0.25) is 14.6 Å². The van der Waals surface area contributed by atoms with Crippen molar-refractivity contribution in [2.24, 2.45) is 11.7 Å². The van der Waals surface area contributed by atoms with Gasteiger partial charge in [0.25, 0.3) is 0 Å². The van der Waals surface area contributed by atoms with E-state index < -0.39 is 5.54 Å². The maximum absolute atomic E-state index is 12.1. The lowest BCUT2D eigenvalue weighted by Crippen LogP contribution is -2.66. The van der Waals surface area contributed by atoms with Crippen LogP contribution >= 0.6 is 0 Å². The highest BCUT2D eigenvalue weighted by atomic mass is 16.1. The summed E-state index contributed by atoms with van der Waals surface area (Å²) in [5, 5.41) is 3.42. The standard InChI is InChI=1S/C15H30N4O/c1-5-17-15(14(16)20,13-6-7-13)10-19-8-11(2)18(4)12(3)9-19/h11-13,17H,5-10H2,1-4H3,(H2,16,20). The number of nitrogens with one attached hydrogen (secondary N) is 1. The van der Waals surface area contributed by atoms with E-state index in [1.807, 2.05) is 0 Å². The van der Waals surface area contributed by atoms with Gasteiger partial charge in [-0.05, 0) is 46.2 Å². The van der Waals surface area contributed by atoms with Gasteiger partial charge >= 0.3 is 0 Å². The van der Waals surface area contributed by atoms with Gasteiger partial charge in [0, 0.05) is 31.7 Å². The Hall–Kier alpha value is -0.650. The Kier molecular flexibility index (Phi) is 4.72. The zero-order valence-corrected chi connectivity index (χ0v) is 13.4. The Morgan fingerprint density at radius 2 is 1.85 bits per heavy atom. The van der Waals surface area contributed by atoms with Crippen molar-refractivity contribution < 1.29 is 4.79 Å². The lowest BCUT2D eigenvalue weighted by molar-refractivity contribution is -0.126. The fourth-order valence-corrected chi connectivity index (χ4v) is 3.58. The third kappa shape index (κ3) is 3.00. The smallest absolute Gasteiger partial charge is 0.239 e. The molecule has 3 unspecified atom stereocenters. The SMILES string of the molecule is CCNC(CN1CC(C)N(C)C(C)C1)(C(N)=O)C1CC1. The summed E-state index contributed by atoms with van der Waals surface area (Å²) in [6, 6.07) is 1.04. The van der Waals surface area contributed by atoms with Gasteiger partial charge < -0.3 is 11.1 Å². The summed E-state index contributed by atoms with van der Waals surface area (Å²) in [7, 11) is 2.18. The Morgan fingerprint density at radius 3 is 2.25 bits per heavy atom. The molecule has 2 fully saturated rings. The van der Waals surface area contributed by atoms with E-state index in [0.29, 0.717) is 18.0 Å². The molecule has 5 heteroatoms. The fourth-order valence-electron chi connectivity index (χ4n) is 3.58. The second-order valence-electron chi connectivity index (χ2n) is 6.70. The first-order chi connectivity index (χ1) is 9.40. The van der Waals surface area contributed by atoms with Crippen molar-refractivity contribution in [3.8, 4) is 0 Å². The lowest BCUT2D eigenvalue weighted by Gasteiger charge is -2.46. The molecular weight excluding hydrogens is 252 g/mol. The number of piperazine rings is 1. The summed E-state index contributed by atoms with van der Waals surface area (Å²) in [6.45, 7) is 10.1. The summed E-state index contributed by atoms with van der Waals surface area (Å²) < 4.78 is 0. The van der Waals surface area contributed by atoms with Crippen molar-refractivity contribution in [3.63, 3.8) is 0 Å². The first-order valence-electron chi connectivity index (χ1n) is 7.90. The first kappa shape index (κ1) is 15.7. The van der Waals surface area contributed by atoms with Crippen LogP contribution in [0.3, 0.4) is 0 Å². The molecule has 1 aliphatic heterocycles. The number of rotatable bonds is 6. The number of hydrogen-bond acceptors (Lipinski definition) is 4. The van der Waals surface area contributed by atoms with Gasteiger partial charge in [-0.2, -0.15) is 0 Å². The summed E-state index contributed by atoms with van der Waals surface area (Å²) in [4.78, 5) is 16.9. The van der Waals surface area contributed by atoms with Crippen LogP contribution in [0.2, 0.25) is 0 Å². The molecule has 1 heterocycles. The van der Waals surface area contributed by atoms with Crippen LogP contribution < -0.4 is 11.1 Å². The fraction of sp³-hybridized carbons (Fsp3) is 0.933. The lowest BCUT2D eigenvalue weighted by atomic mass is 9.90. The number of likely N-dealkylation sites (N-methyl/N-ethyl adjacent to an activating group) is 2.